The number of hydrogen-bond acceptors (Lipinski definition) is 6. The quantitative estimate of drug-likeness (QED) is 0.775. The third-order valence-electron chi connectivity index (χ3n) is 5.06. The number of rotatable bonds is 5. The molecule has 1 saturated heterocycles. The van der Waals surface area contributed by atoms with Gasteiger partial charge in [-0.25, -0.2) is 8.42 Å². The molecule has 0 bridgehead atoms. The van der Waals surface area contributed by atoms with E-state index in [1.165, 1.54) is 12.1 Å². The number of carbonyl (C=O) groups is 1. The van der Waals surface area contributed by atoms with Crippen LogP contribution in [0.1, 0.15) is 20.3 Å². The number of benzene rings is 1. The second-order valence-electron chi connectivity index (χ2n) is 7.63. The van der Waals surface area contributed by atoms with E-state index in [9.17, 15) is 13.2 Å². The lowest BCUT2D eigenvalue weighted by molar-refractivity contribution is -0.135. The van der Waals surface area contributed by atoms with Gasteiger partial charge in [0.05, 0.1) is 18.1 Å². The molecule has 2 heterocycles. The van der Waals surface area contributed by atoms with Gasteiger partial charge in [-0.15, -0.1) is 0 Å². The number of nitrogens with zero attached hydrogens (tertiary/aromatic N) is 2. The Balaban J connectivity index is 1.78. The van der Waals surface area contributed by atoms with Gasteiger partial charge in [0.2, 0.25) is 15.9 Å². The van der Waals surface area contributed by atoms with E-state index in [0.717, 1.165) is 19.5 Å². The smallest absolute Gasteiger partial charge is 0.241 e. The molecule has 1 amide bonds. The highest BCUT2D eigenvalue weighted by Gasteiger charge is 2.33. The summed E-state index contributed by atoms with van der Waals surface area (Å²) in [6, 6.07) is 3.72. The lowest BCUT2D eigenvalue weighted by Crippen LogP contribution is -2.55. The molecular weight excluding hydrogens is 382 g/mol. The first-order valence-corrected chi connectivity index (χ1v) is 11.2. The van der Waals surface area contributed by atoms with Gasteiger partial charge in [-0.2, -0.15) is 4.72 Å². The van der Waals surface area contributed by atoms with Gasteiger partial charge in [-0.1, -0.05) is 13.8 Å². The van der Waals surface area contributed by atoms with Gasteiger partial charge in [-0.3, -0.25) is 4.79 Å². The molecule has 0 aliphatic carbocycles. The maximum absolute atomic E-state index is 13.0. The van der Waals surface area contributed by atoms with Crippen molar-refractivity contribution in [1.29, 1.82) is 0 Å². The summed E-state index contributed by atoms with van der Waals surface area (Å²) in [6.45, 7) is 7.46. The molecule has 28 heavy (non-hydrogen) atoms. The molecule has 8 nitrogen and oxygen atoms in total. The van der Waals surface area contributed by atoms with Crippen LogP contribution in [0.4, 0.5) is 0 Å². The first kappa shape index (κ1) is 20.9. The van der Waals surface area contributed by atoms with Crippen molar-refractivity contribution in [3.05, 3.63) is 18.2 Å². The van der Waals surface area contributed by atoms with Gasteiger partial charge >= 0.3 is 0 Å². The zero-order chi connectivity index (χ0) is 20.3. The fourth-order valence-electron chi connectivity index (χ4n) is 3.24. The first-order chi connectivity index (χ1) is 13.3. The van der Waals surface area contributed by atoms with E-state index in [1.54, 1.807) is 11.0 Å². The Labute approximate surface area is 166 Å². The third kappa shape index (κ3) is 4.76. The summed E-state index contributed by atoms with van der Waals surface area (Å²) in [5, 5.41) is 0. The van der Waals surface area contributed by atoms with Crippen molar-refractivity contribution < 1.29 is 22.7 Å². The van der Waals surface area contributed by atoms with Crippen LogP contribution in [0, 0.1) is 5.92 Å². The van der Waals surface area contributed by atoms with Crippen LogP contribution in [0.3, 0.4) is 0 Å². The average Bonchev–Trinajstić information content (AvgIpc) is 2.91. The molecular formula is C19H29N3O5S. The number of fused-ring (bicyclic) bond motifs is 1. The molecule has 0 aromatic heterocycles. The summed E-state index contributed by atoms with van der Waals surface area (Å²) in [7, 11) is -1.88. The highest BCUT2D eigenvalue weighted by atomic mass is 32.2. The Morgan fingerprint density at radius 3 is 2.36 bits per heavy atom. The number of sulfonamides is 1. The molecule has 2 aliphatic rings. The summed E-state index contributed by atoms with van der Waals surface area (Å²) >= 11 is 0. The highest BCUT2D eigenvalue weighted by Crippen LogP contribution is 2.32. The molecule has 0 spiro atoms. The molecule has 9 heteroatoms. The maximum Gasteiger partial charge on any atom is 0.241 e. The average molecular weight is 412 g/mol. The SMILES string of the molecule is CC(C)C(NS(=O)(=O)c1ccc2c(c1)OCCCO2)C(=O)N1CCN(C)CC1. The largest absolute Gasteiger partial charge is 0.490 e. The van der Waals surface area contributed by atoms with Gasteiger partial charge < -0.3 is 19.3 Å². The van der Waals surface area contributed by atoms with Crippen LogP contribution in [-0.4, -0.2) is 76.6 Å². The van der Waals surface area contributed by atoms with Gasteiger partial charge in [0.15, 0.2) is 11.5 Å². The van der Waals surface area contributed by atoms with E-state index in [-0.39, 0.29) is 16.7 Å². The van der Waals surface area contributed by atoms with Gasteiger partial charge in [0.25, 0.3) is 0 Å². The summed E-state index contributed by atoms with van der Waals surface area (Å²) in [5.41, 5.74) is 0. The Kier molecular flexibility index (Phi) is 6.47. The number of amides is 1. The lowest BCUT2D eigenvalue weighted by Gasteiger charge is -2.35. The summed E-state index contributed by atoms with van der Waals surface area (Å²) in [6.07, 6.45) is 0.740. The van der Waals surface area contributed by atoms with E-state index in [2.05, 4.69) is 9.62 Å². The maximum atomic E-state index is 13.0. The van der Waals surface area contributed by atoms with Crippen LogP contribution < -0.4 is 14.2 Å². The van der Waals surface area contributed by atoms with Crippen molar-refractivity contribution in [2.45, 2.75) is 31.2 Å². The first-order valence-electron chi connectivity index (χ1n) is 9.67. The molecule has 2 aliphatic heterocycles. The summed E-state index contributed by atoms with van der Waals surface area (Å²) < 4.78 is 39.7. The standard InChI is InChI=1S/C19H29N3O5S/c1-14(2)18(19(23)22-9-7-21(3)8-10-22)20-28(24,25)15-5-6-16-17(13-15)27-12-4-11-26-16/h5-6,13-14,18,20H,4,7-12H2,1-3H3. The van der Waals surface area contributed by atoms with Gasteiger partial charge in [0, 0.05) is 38.7 Å². The fourth-order valence-corrected chi connectivity index (χ4v) is 4.59. The summed E-state index contributed by atoms with van der Waals surface area (Å²) in [4.78, 5) is 16.9. The van der Waals surface area contributed by atoms with Crippen LogP contribution in [0.15, 0.2) is 23.1 Å². The molecule has 156 valence electrons. The Morgan fingerprint density at radius 1 is 1.07 bits per heavy atom. The zero-order valence-electron chi connectivity index (χ0n) is 16.7. The van der Waals surface area contributed by atoms with Crippen LogP contribution in [-0.2, 0) is 14.8 Å². The topological polar surface area (TPSA) is 88.2 Å². The Bertz CT molecular complexity index is 804. The Hall–Kier alpha value is -1.84. The van der Waals surface area contributed by atoms with Crippen molar-refractivity contribution in [2.24, 2.45) is 5.92 Å². The monoisotopic (exact) mass is 411 g/mol. The predicted octanol–water partition coefficient (Wildman–Crippen LogP) is 0.925. The number of nitrogens with one attached hydrogen (secondary N) is 1. The van der Waals surface area contributed by atoms with Crippen molar-refractivity contribution in [1.82, 2.24) is 14.5 Å². The lowest BCUT2D eigenvalue weighted by atomic mass is 10.0. The Morgan fingerprint density at radius 2 is 1.71 bits per heavy atom. The molecule has 1 aromatic carbocycles. The number of ether oxygens (including phenoxy) is 2. The molecule has 0 radical (unpaired) electrons. The zero-order valence-corrected chi connectivity index (χ0v) is 17.5. The van der Waals surface area contributed by atoms with E-state index >= 15 is 0 Å². The van der Waals surface area contributed by atoms with E-state index < -0.39 is 16.1 Å². The minimum Gasteiger partial charge on any atom is -0.490 e. The van der Waals surface area contributed by atoms with E-state index in [4.69, 9.17) is 9.47 Å². The summed E-state index contributed by atoms with van der Waals surface area (Å²) in [5.74, 6) is 0.584. The van der Waals surface area contributed by atoms with Crippen LogP contribution in [0.5, 0.6) is 11.5 Å². The van der Waals surface area contributed by atoms with Crippen LogP contribution >= 0.6 is 0 Å². The highest BCUT2D eigenvalue weighted by molar-refractivity contribution is 7.89. The van der Waals surface area contributed by atoms with Gasteiger partial charge in [-0.05, 0) is 25.1 Å². The number of carbonyl (C=O) groups excluding carboxylic acids is 1. The predicted molar refractivity (Wildman–Crippen MR) is 105 cm³/mol. The third-order valence-corrected chi connectivity index (χ3v) is 6.50. The van der Waals surface area contributed by atoms with Crippen molar-refractivity contribution in [3.8, 4) is 11.5 Å². The minimum absolute atomic E-state index is 0.0635. The van der Waals surface area contributed by atoms with E-state index in [1.807, 2.05) is 20.9 Å². The normalized spacial score (nSPS) is 19.4. The second kappa shape index (κ2) is 8.67. The molecule has 0 saturated carbocycles. The molecule has 1 fully saturated rings. The molecule has 1 aromatic rings. The van der Waals surface area contributed by atoms with Crippen molar-refractivity contribution >= 4 is 15.9 Å². The second-order valence-corrected chi connectivity index (χ2v) is 9.34. The molecule has 3 rings (SSSR count). The number of likely N-dealkylation sites (N-methyl/N-ethyl adjacent to an activating group) is 1. The van der Waals surface area contributed by atoms with Crippen molar-refractivity contribution in [2.75, 3.05) is 46.4 Å². The molecule has 1 atom stereocenters. The number of hydrogen-bond donors (Lipinski definition) is 1. The molecule has 1 N–H and O–H groups in total. The van der Waals surface area contributed by atoms with Crippen LogP contribution in [0.2, 0.25) is 0 Å². The van der Waals surface area contributed by atoms with Crippen molar-refractivity contribution in [3.63, 3.8) is 0 Å². The van der Waals surface area contributed by atoms with Gasteiger partial charge in [0.1, 0.15) is 6.04 Å². The fraction of sp³-hybridized carbons (Fsp3) is 0.632. The minimum atomic E-state index is -3.89. The molecule has 1 unspecified atom stereocenters. The number of piperazine rings is 1. The van der Waals surface area contributed by atoms with E-state index in [0.29, 0.717) is 37.8 Å². The van der Waals surface area contributed by atoms with Crippen LogP contribution in [0.25, 0.3) is 0 Å².